The molecule has 3 saturated heterocycles. The summed E-state index contributed by atoms with van der Waals surface area (Å²) in [4.78, 5) is 31.8. The van der Waals surface area contributed by atoms with Crippen molar-refractivity contribution in [1.29, 1.82) is 0 Å². The molecular formula is C18H29N3O3. The van der Waals surface area contributed by atoms with E-state index in [1.807, 2.05) is 9.80 Å². The van der Waals surface area contributed by atoms with Crippen LogP contribution in [0.15, 0.2) is 0 Å². The maximum absolute atomic E-state index is 12.9. The van der Waals surface area contributed by atoms with Gasteiger partial charge in [-0.2, -0.15) is 0 Å². The first-order valence-electron chi connectivity index (χ1n) is 9.43. The number of nitrogens with zero attached hydrogens (tertiary/aromatic N) is 3. The molecule has 4 aliphatic rings. The van der Waals surface area contributed by atoms with Crippen molar-refractivity contribution in [1.82, 2.24) is 14.7 Å². The van der Waals surface area contributed by atoms with Crippen molar-refractivity contribution in [3.05, 3.63) is 0 Å². The van der Waals surface area contributed by atoms with Crippen LogP contribution in [0.5, 0.6) is 0 Å². The van der Waals surface area contributed by atoms with Crippen LogP contribution in [0.25, 0.3) is 0 Å². The second-order valence-corrected chi connectivity index (χ2v) is 8.28. The van der Waals surface area contributed by atoms with Gasteiger partial charge in [0.15, 0.2) is 0 Å². The Kier molecular flexibility index (Phi) is 4.29. The quantitative estimate of drug-likeness (QED) is 0.734. The fourth-order valence-electron chi connectivity index (χ4n) is 4.72. The molecule has 0 N–H and O–H groups in total. The fourth-order valence-corrected chi connectivity index (χ4v) is 4.72. The van der Waals surface area contributed by atoms with E-state index in [4.69, 9.17) is 4.74 Å². The molecule has 3 unspecified atom stereocenters. The van der Waals surface area contributed by atoms with Gasteiger partial charge in [0, 0.05) is 45.2 Å². The number of amides is 2. The Balaban J connectivity index is 1.36. The van der Waals surface area contributed by atoms with Crippen molar-refractivity contribution in [2.24, 2.45) is 17.8 Å². The number of carbonyl (C=O) groups is 2. The number of morpholine rings is 1. The van der Waals surface area contributed by atoms with Gasteiger partial charge in [-0.15, -0.1) is 0 Å². The van der Waals surface area contributed by atoms with E-state index in [0.717, 1.165) is 45.4 Å². The van der Waals surface area contributed by atoms with Crippen LogP contribution in [-0.2, 0) is 14.3 Å². The molecule has 0 spiro atoms. The first kappa shape index (κ1) is 16.3. The highest BCUT2D eigenvalue weighted by molar-refractivity contribution is 5.82. The van der Waals surface area contributed by atoms with E-state index in [9.17, 15) is 9.59 Å². The van der Waals surface area contributed by atoms with Crippen molar-refractivity contribution in [2.45, 2.75) is 38.4 Å². The standard InChI is InChI=1S/C18H29N3O3/c1-12-7-13(8-12)17(22)21-10-14-9-15(16(11-21)24-14)18(23)20-5-3-19(2)4-6-20/h12-16H,3-11H2,1-2H3. The lowest BCUT2D eigenvalue weighted by atomic mass is 9.75. The molecule has 3 aliphatic heterocycles. The van der Waals surface area contributed by atoms with Crippen LogP contribution in [0.1, 0.15) is 26.2 Å². The Bertz CT molecular complexity index is 512. The normalized spacial score (nSPS) is 39.7. The average Bonchev–Trinajstić information content (AvgIpc) is 2.85. The fraction of sp³-hybridized carbons (Fsp3) is 0.889. The lowest BCUT2D eigenvalue weighted by Gasteiger charge is -2.40. The summed E-state index contributed by atoms with van der Waals surface area (Å²) >= 11 is 0. The molecule has 134 valence electrons. The van der Waals surface area contributed by atoms with Crippen molar-refractivity contribution in [3.63, 3.8) is 0 Å². The largest absolute Gasteiger partial charge is 0.370 e. The van der Waals surface area contributed by atoms with Gasteiger partial charge in [0.2, 0.25) is 11.8 Å². The minimum atomic E-state index is -0.0997. The van der Waals surface area contributed by atoms with Crippen molar-refractivity contribution in [3.8, 4) is 0 Å². The van der Waals surface area contributed by atoms with E-state index in [0.29, 0.717) is 24.9 Å². The van der Waals surface area contributed by atoms with Gasteiger partial charge >= 0.3 is 0 Å². The molecule has 0 aromatic carbocycles. The van der Waals surface area contributed by atoms with Gasteiger partial charge < -0.3 is 19.4 Å². The number of piperazine rings is 1. The zero-order valence-corrected chi connectivity index (χ0v) is 14.8. The van der Waals surface area contributed by atoms with Gasteiger partial charge in [0.1, 0.15) is 0 Å². The van der Waals surface area contributed by atoms with Crippen LogP contribution in [0, 0.1) is 17.8 Å². The summed E-state index contributed by atoms with van der Waals surface area (Å²) in [5.74, 6) is 1.37. The highest BCUT2D eigenvalue weighted by atomic mass is 16.5. The zero-order valence-electron chi connectivity index (χ0n) is 14.8. The maximum Gasteiger partial charge on any atom is 0.228 e. The summed E-state index contributed by atoms with van der Waals surface area (Å²) in [5.41, 5.74) is 0. The molecule has 6 heteroatoms. The molecular weight excluding hydrogens is 306 g/mol. The molecule has 24 heavy (non-hydrogen) atoms. The molecule has 0 aromatic heterocycles. The number of ether oxygens (including phenoxy) is 1. The zero-order chi connectivity index (χ0) is 16.8. The summed E-state index contributed by atoms with van der Waals surface area (Å²) in [6.07, 6.45) is 2.77. The molecule has 4 fully saturated rings. The van der Waals surface area contributed by atoms with Crippen LogP contribution in [-0.4, -0.2) is 85.0 Å². The molecule has 4 rings (SSSR count). The number of hydrogen-bond acceptors (Lipinski definition) is 4. The molecule has 2 amide bonds. The number of rotatable bonds is 2. The van der Waals surface area contributed by atoms with Crippen LogP contribution in [0.4, 0.5) is 0 Å². The molecule has 3 heterocycles. The van der Waals surface area contributed by atoms with Gasteiger partial charge in [-0.1, -0.05) is 6.92 Å². The highest BCUT2D eigenvalue weighted by Crippen LogP contribution is 2.38. The minimum absolute atomic E-state index is 0.0478. The Labute approximate surface area is 144 Å². The van der Waals surface area contributed by atoms with Gasteiger partial charge in [0.25, 0.3) is 0 Å². The Morgan fingerprint density at radius 1 is 0.917 bits per heavy atom. The van der Waals surface area contributed by atoms with E-state index in [1.54, 1.807) is 0 Å². The third kappa shape index (κ3) is 2.94. The molecule has 3 atom stereocenters. The predicted molar refractivity (Wildman–Crippen MR) is 89.3 cm³/mol. The van der Waals surface area contributed by atoms with E-state index in [1.165, 1.54) is 0 Å². The lowest BCUT2D eigenvalue weighted by Crippen LogP contribution is -2.53. The van der Waals surface area contributed by atoms with Crippen LogP contribution in [0.2, 0.25) is 0 Å². The van der Waals surface area contributed by atoms with Crippen LogP contribution < -0.4 is 0 Å². The van der Waals surface area contributed by atoms with Crippen LogP contribution >= 0.6 is 0 Å². The molecule has 0 aromatic rings. The second kappa shape index (κ2) is 6.30. The topological polar surface area (TPSA) is 53.1 Å². The summed E-state index contributed by atoms with van der Waals surface area (Å²) in [7, 11) is 2.10. The third-order valence-corrected chi connectivity index (χ3v) is 6.32. The number of carbonyl (C=O) groups excluding carboxylic acids is 2. The molecule has 1 aliphatic carbocycles. The van der Waals surface area contributed by atoms with Crippen molar-refractivity contribution >= 4 is 11.8 Å². The van der Waals surface area contributed by atoms with Crippen molar-refractivity contribution < 1.29 is 14.3 Å². The van der Waals surface area contributed by atoms with E-state index in [2.05, 4.69) is 18.9 Å². The Hall–Kier alpha value is -1.14. The van der Waals surface area contributed by atoms with Crippen LogP contribution in [0.3, 0.4) is 0 Å². The lowest BCUT2D eigenvalue weighted by molar-refractivity contribution is -0.151. The van der Waals surface area contributed by atoms with Gasteiger partial charge in [-0.25, -0.2) is 0 Å². The molecule has 2 bridgehead atoms. The van der Waals surface area contributed by atoms with E-state index in [-0.39, 0.29) is 30.0 Å². The second-order valence-electron chi connectivity index (χ2n) is 8.28. The number of likely N-dealkylation sites (tertiary alicyclic amines) is 1. The number of likely N-dealkylation sites (N-methyl/N-ethyl adjacent to an activating group) is 1. The summed E-state index contributed by atoms with van der Waals surface area (Å²) in [5, 5.41) is 0. The predicted octanol–water partition coefficient (Wildman–Crippen LogP) is 0.422. The molecule has 0 radical (unpaired) electrons. The molecule has 6 nitrogen and oxygen atoms in total. The van der Waals surface area contributed by atoms with E-state index < -0.39 is 0 Å². The third-order valence-electron chi connectivity index (χ3n) is 6.32. The molecule has 1 saturated carbocycles. The maximum atomic E-state index is 12.9. The first-order valence-corrected chi connectivity index (χ1v) is 9.43. The van der Waals surface area contributed by atoms with E-state index >= 15 is 0 Å². The number of fused-ring (bicyclic) bond motifs is 2. The smallest absolute Gasteiger partial charge is 0.228 e. The number of hydrogen-bond donors (Lipinski definition) is 0. The Morgan fingerprint density at radius 2 is 1.62 bits per heavy atom. The average molecular weight is 335 g/mol. The highest BCUT2D eigenvalue weighted by Gasteiger charge is 2.48. The van der Waals surface area contributed by atoms with Gasteiger partial charge in [-0.3, -0.25) is 9.59 Å². The summed E-state index contributed by atoms with van der Waals surface area (Å²) in [6, 6.07) is 0. The summed E-state index contributed by atoms with van der Waals surface area (Å²) in [6.45, 7) is 6.99. The summed E-state index contributed by atoms with van der Waals surface area (Å²) < 4.78 is 6.02. The monoisotopic (exact) mass is 335 g/mol. The van der Waals surface area contributed by atoms with Gasteiger partial charge in [0.05, 0.1) is 18.1 Å². The Morgan fingerprint density at radius 3 is 2.29 bits per heavy atom. The van der Waals surface area contributed by atoms with Crippen molar-refractivity contribution in [2.75, 3.05) is 46.3 Å². The minimum Gasteiger partial charge on any atom is -0.370 e. The SMILES string of the molecule is CC1CC(C(=O)N2CC3CC(C(=O)N4CCN(C)CC4)C(C2)O3)C1. The first-order chi connectivity index (χ1) is 11.5. The van der Waals surface area contributed by atoms with Gasteiger partial charge in [-0.05, 0) is 32.2 Å².